The van der Waals surface area contributed by atoms with Crippen molar-refractivity contribution in [2.45, 2.75) is 59.4 Å². The average molecular weight is 342 g/mol. The van der Waals surface area contributed by atoms with Gasteiger partial charge in [0.25, 0.3) is 5.91 Å². The number of amides is 1. The number of ether oxygens (including phenoxy) is 1. The molecule has 0 aliphatic heterocycles. The molecule has 1 aliphatic rings. The maximum absolute atomic E-state index is 12.1. The van der Waals surface area contributed by atoms with Crippen LogP contribution < -0.4 is 15.8 Å². The van der Waals surface area contributed by atoms with Gasteiger partial charge in [0.05, 0.1) is 12.8 Å². The molecule has 0 radical (unpaired) electrons. The number of hydrogen-bond acceptors (Lipinski definition) is 4. The fourth-order valence-electron chi connectivity index (χ4n) is 2.21. The van der Waals surface area contributed by atoms with Gasteiger partial charge in [-0.25, -0.2) is 0 Å². The number of rotatable bonds is 3. The van der Waals surface area contributed by atoms with Gasteiger partial charge < -0.3 is 21.3 Å². The second-order valence-electron chi connectivity index (χ2n) is 4.74. The molecule has 0 spiro atoms. The molecule has 1 aromatic carbocycles. The summed E-state index contributed by atoms with van der Waals surface area (Å²) in [6.07, 6.45) is 2.54. The van der Waals surface area contributed by atoms with Crippen molar-refractivity contribution >= 4 is 17.4 Å². The average Bonchev–Trinajstić information content (AvgIpc) is 2.61. The van der Waals surface area contributed by atoms with E-state index in [1.807, 2.05) is 27.7 Å². The number of benzene rings is 1. The minimum absolute atomic E-state index is 0. The van der Waals surface area contributed by atoms with Crippen LogP contribution in [0.2, 0.25) is 0 Å². The lowest BCUT2D eigenvalue weighted by atomic mass is 9.94. The monoisotopic (exact) mass is 342 g/mol. The molecule has 0 unspecified atom stereocenters. The van der Waals surface area contributed by atoms with E-state index in [4.69, 9.17) is 10.5 Å². The summed E-state index contributed by atoms with van der Waals surface area (Å²) in [6.45, 7) is 8.00. The Bertz CT molecular complexity index is 500. The molecule has 0 atom stereocenters. The van der Waals surface area contributed by atoms with Crippen molar-refractivity contribution < 1.29 is 21.2 Å². The third-order valence-electron chi connectivity index (χ3n) is 3.37. The summed E-state index contributed by atoms with van der Waals surface area (Å²) >= 11 is 0. The quantitative estimate of drug-likeness (QED) is 0.822. The standard InChI is InChI=1S/C14H18N2O3.2C2H6.H2O.H2/c1-19-13-8-9(2-7-12(13)15)14(18)16-10-3-5-11(17)6-4-10;2*1-2;;/h2,7-8,10H,3-6,15H2,1H3,(H,16,18);2*1-2H3;1H2;1H. The number of nitrogen functional groups attached to an aromatic ring is 1. The summed E-state index contributed by atoms with van der Waals surface area (Å²) in [7, 11) is 1.51. The normalized spacial score (nSPS) is 13.3. The van der Waals surface area contributed by atoms with Gasteiger partial charge in [0, 0.05) is 25.9 Å². The molecule has 0 heterocycles. The predicted molar refractivity (Wildman–Crippen MR) is 101 cm³/mol. The van der Waals surface area contributed by atoms with Crippen LogP contribution >= 0.6 is 0 Å². The molecule has 5 N–H and O–H groups in total. The third kappa shape index (κ3) is 7.46. The Balaban J connectivity index is -0.000000752. The first kappa shape index (κ1) is 24.2. The fourth-order valence-corrected chi connectivity index (χ4v) is 2.21. The zero-order chi connectivity index (χ0) is 17.8. The van der Waals surface area contributed by atoms with Gasteiger partial charge in [0.2, 0.25) is 0 Å². The van der Waals surface area contributed by atoms with Crippen molar-refractivity contribution in [1.82, 2.24) is 5.32 Å². The number of methoxy groups -OCH3 is 1. The first-order valence-electron chi connectivity index (χ1n) is 8.36. The Hall–Kier alpha value is -2.08. The number of ketones is 1. The van der Waals surface area contributed by atoms with E-state index in [2.05, 4.69) is 5.32 Å². The first-order valence-corrected chi connectivity index (χ1v) is 8.36. The topological polar surface area (TPSA) is 113 Å². The van der Waals surface area contributed by atoms with Gasteiger partial charge in [-0.15, -0.1) is 0 Å². The van der Waals surface area contributed by atoms with Crippen LogP contribution in [0.15, 0.2) is 18.2 Å². The number of carbonyl (C=O) groups excluding carboxylic acids is 2. The van der Waals surface area contributed by atoms with Gasteiger partial charge in [-0.1, -0.05) is 27.7 Å². The Morgan fingerprint density at radius 1 is 1.21 bits per heavy atom. The van der Waals surface area contributed by atoms with Crippen LogP contribution in [-0.2, 0) is 4.79 Å². The molecule has 0 aromatic heterocycles. The summed E-state index contributed by atoms with van der Waals surface area (Å²) < 4.78 is 5.09. The number of carbonyl (C=O) groups is 2. The van der Waals surface area contributed by atoms with E-state index in [0.29, 0.717) is 29.8 Å². The second-order valence-corrected chi connectivity index (χ2v) is 4.74. The van der Waals surface area contributed by atoms with E-state index >= 15 is 0 Å². The highest BCUT2D eigenvalue weighted by molar-refractivity contribution is 5.95. The molecule has 24 heavy (non-hydrogen) atoms. The largest absolute Gasteiger partial charge is 0.495 e. The van der Waals surface area contributed by atoms with Gasteiger partial charge in [-0.05, 0) is 31.0 Å². The molecule has 1 aromatic rings. The van der Waals surface area contributed by atoms with Crippen molar-refractivity contribution in [2.24, 2.45) is 0 Å². The van der Waals surface area contributed by atoms with Crippen LogP contribution in [0.3, 0.4) is 0 Å². The smallest absolute Gasteiger partial charge is 0.251 e. The Labute approximate surface area is 146 Å². The zero-order valence-corrected chi connectivity index (χ0v) is 15.4. The van der Waals surface area contributed by atoms with Crippen molar-refractivity contribution in [1.29, 1.82) is 0 Å². The molecule has 0 bridgehead atoms. The van der Waals surface area contributed by atoms with Crippen molar-refractivity contribution in [2.75, 3.05) is 12.8 Å². The zero-order valence-electron chi connectivity index (χ0n) is 15.4. The van der Waals surface area contributed by atoms with Gasteiger partial charge in [-0.3, -0.25) is 9.59 Å². The summed E-state index contributed by atoms with van der Waals surface area (Å²) in [6, 6.07) is 5.02. The number of anilines is 1. The van der Waals surface area contributed by atoms with Crippen LogP contribution in [-0.4, -0.2) is 30.3 Å². The number of Topliss-reactive ketones (excluding diaryl/α,β-unsaturated/α-hetero) is 1. The summed E-state index contributed by atoms with van der Waals surface area (Å²) in [4.78, 5) is 23.2. The molecule has 1 fully saturated rings. The van der Waals surface area contributed by atoms with E-state index in [9.17, 15) is 9.59 Å². The SMILES string of the molecule is CC.CC.COc1cc(C(=O)NC2CCC(=O)CC2)ccc1N.O.[HH]. The van der Waals surface area contributed by atoms with Crippen LogP contribution in [0.5, 0.6) is 5.75 Å². The highest BCUT2D eigenvalue weighted by Crippen LogP contribution is 2.22. The molecule has 1 saturated carbocycles. The van der Waals surface area contributed by atoms with Crippen molar-refractivity contribution in [3.05, 3.63) is 23.8 Å². The number of nitrogens with one attached hydrogen (secondary N) is 1. The molecule has 6 heteroatoms. The number of hydrogen-bond donors (Lipinski definition) is 2. The van der Waals surface area contributed by atoms with E-state index in [1.54, 1.807) is 18.2 Å². The van der Waals surface area contributed by atoms with Gasteiger partial charge in [0.1, 0.15) is 11.5 Å². The Morgan fingerprint density at radius 2 is 1.75 bits per heavy atom. The molecule has 0 saturated heterocycles. The molecular formula is C18H34N2O4. The first-order chi connectivity index (χ1) is 11.1. The maximum atomic E-state index is 12.1. The van der Waals surface area contributed by atoms with E-state index < -0.39 is 0 Å². The van der Waals surface area contributed by atoms with Gasteiger partial charge in [-0.2, -0.15) is 0 Å². The second kappa shape index (κ2) is 13.4. The predicted octanol–water partition coefficient (Wildman–Crippen LogP) is 2.99. The minimum atomic E-state index is -0.155. The maximum Gasteiger partial charge on any atom is 0.251 e. The van der Waals surface area contributed by atoms with Crippen molar-refractivity contribution in [3.8, 4) is 5.75 Å². The van der Waals surface area contributed by atoms with E-state index in [1.165, 1.54) is 7.11 Å². The molecule has 6 nitrogen and oxygen atoms in total. The summed E-state index contributed by atoms with van der Waals surface area (Å²) in [5, 5.41) is 2.94. The van der Waals surface area contributed by atoms with Gasteiger partial charge in [0.15, 0.2) is 0 Å². The Morgan fingerprint density at radius 3 is 2.25 bits per heavy atom. The highest BCUT2D eigenvalue weighted by atomic mass is 16.5. The third-order valence-corrected chi connectivity index (χ3v) is 3.37. The lowest BCUT2D eigenvalue weighted by Crippen LogP contribution is -2.37. The summed E-state index contributed by atoms with van der Waals surface area (Å²) in [5.41, 5.74) is 6.72. The molecule has 2 rings (SSSR count). The summed E-state index contributed by atoms with van der Waals surface area (Å²) in [5.74, 6) is 0.615. The van der Waals surface area contributed by atoms with Crippen LogP contribution in [0.25, 0.3) is 0 Å². The lowest BCUT2D eigenvalue weighted by Gasteiger charge is -2.22. The van der Waals surface area contributed by atoms with E-state index in [-0.39, 0.29) is 24.6 Å². The molecule has 1 aliphatic carbocycles. The molecule has 140 valence electrons. The molecule has 1 amide bonds. The Kier molecular flexibility index (Phi) is 13.5. The number of nitrogens with two attached hydrogens (primary N) is 1. The van der Waals surface area contributed by atoms with Gasteiger partial charge >= 0.3 is 0 Å². The lowest BCUT2D eigenvalue weighted by molar-refractivity contribution is -0.120. The van der Waals surface area contributed by atoms with Crippen LogP contribution in [0, 0.1) is 0 Å². The highest BCUT2D eigenvalue weighted by Gasteiger charge is 2.21. The molecular weight excluding hydrogens is 308 g/mol. The fraction of sp³-hybridized carbons (Fsp3) is 0.556. The minimum Gasteiger partial charge on any atom is -0.495 e. The van der Waals surface area contributed by atoms with Crippen molar-refractivity contribution in [3.63, 3.8) is 0 Å². The van der Waals surface area contributed by atoms with E-state index in [0.717, 1.165) is 12.8 Å². The van der Waals surface area contributed by atoms with Crippen LogP contribution in [0.1, 0.15) is 65.2 Å². The van der Waals surface area contributed by atoms with Crippen LogP contribution in [0.4, 0.5) is 5.69 Å².